The molecular formula is C15H16FNO2. The van der Waals surface area contributed by atoms with Crippen LogP contribution in [0, 0.1) is 23.1 Å². The lowest BCUT2D eigenvalue weighted by Crippen LogP contribution is -2.29. The lowest BCUT2D eigenvalue weighted by molar-refractivity contribution is 0.0946. The maximum absolute atomic E-state index is 13.2. The van der Waals surface area contributed by atoms with Crippen molar-refractivity contribution in [3.63, 3.8) is 0 Å². The fraction of sp³-hybridized carbons (Fsp3) is 0.400. The number of aliphatic hydroxyl groups excluding tert-OH is 1. The van der Waals surface area contributed by atoms with Gasteiger partial charge in [0, 0.05) is 12.1 Å². The van der Waals surface area contributed by atoms with Crippen LogP contribution in [0.4, 0.5) is 4.39 Å². The minimum atomic E-state index is -0.451. The van der Waals surface area contributed by atoms with Crippen LogP contribution in [0.25, 0.3) is 0 Å². The van der Waals surface area contributed by atoms with Crippen LogP contribution in [0.1, 0.15) is 35.7 Å². The molecule has 1 fully saturated rings. The van der Waals surface area contributed by atoms with Gasteiger partial charge in [-0.15, -0.1) is 0 Å². The van der Waals surface area contributed by atoms with E-state index in [1.165, 1.54) is 18.2 Å². The summed E-state index contributed by atoms with van der Waals surface area (Å²) in [7, 11) is 0. The summed E-state index contributed by atoms with van der Waals surface area (Å²) in [4.78, 5) is 12.1. The fourth-order valence-corrected chi connectivity index (χ4v) is 1.73. The highest BCUT2D eigenvalue weighted by Gasteiger charge is 2.37. The first kappa shape index (κ1) is 13.6. The third-order valence-electron chi connectivity index (χ3n) is 3.31. The zero-order valence-corrected chi connectivity index (χ0v) is 10.8. The second-order valence-electron chi connectivity index (χ2n) is 5.14. The molecule has 0 radical (unpaired) electrons. The lowest BCUT2D eigenvalue weighted by atomic mass is 10.1. The number of carbonyl (C=O) groups is 1. The Morgan fingerprint density at radius 1 is 1.53 bits per heavy atom. The van der Waals surface area contributed by atoms with E-state index in [1.54, 1.807) is 0 Å². The third-order valence-corrected chi connectivity index (χ3v) is 3.31. The Morgan fingerprint density at radius 2 is 2.26 bits per heavy atom. The van der Waals surface area contributed by atoms with E-state index >= 15 is 0 Å². The molecular weight excluding hydrogens is 245 g/mol. The van der Waals surface area contributed by atoms with Gasteiger partial charge >= 0.3 is 0 Å². The summed E-state index contributed by atoms with van der Waals surface area (Å²) >= 11 is 0. The van der Waals surface area contributed by atoms with Crippen LogP contribution in [0.5, 0.6) is 0 Å². The van der Waals surface area contributed by atoms with Gasteiger partial charge in [-0.3, -0.25) is 4.79 Å². The van der Waals surface area contributed by atoms with E-state index in [2.05, 4.69) is 24.1 Å². The van der Waals surface area contributed by atoms with Crippen molar-refractivity contribution in [2.45, 2.75) is 19.8 Å². The minimum Gasteiger partial charge on any atom is -0.384 e. The molecule has 1 aliphatic rings. The molecule has 3 nitrogen and oxygen atoms in total. The smallest absolute Gasteiger partial charge is 0.252 e. The summed E-state index contributed by atoms with van der Waals surface area (Å²) in [5.74, 6) is 4.32. The van der Waals surface area contributed by atoms with Crippen LogP contribution in [0.15, 0.2) is 18.2 Å². The Labute approximate surface area is 111 Å². The maximum atomic E-state index is 13.2. The molecule has 0 aliphatic heterocycles. The molecule has 0 atom stereocenters. The van der Waals surface area contributed by atoms with Crippen LogP contribution in [-0.2, 0) is 0 Å². The van der Waals surface area contributed by atoms with Crippen molar-refractivity contribution >= 4 is 5.91 Å². The van der Waals surface area contributed by atoms with Crippen LogP contribution in [0.3, 0.4) is 0 Å². The van der Waals surface area contributed by atoms with Gasteiger partial charge in [0.2, 0.25) is 0 Å². The Balaban J connectivity index is 2.15. The van der Waals surface area contributed by atoms with Gasteiger partial charge in [0.1, 0.15) is 12.4 Å². The van der Waals surface area contributed by atoms with E-state index in [-0.39, 0.29) is 17.9 Å². The van der Waals surface area contributed by atoms with E-state index < -0.39 is 5.82 Å². The largest absolute Gasteiger partial charge is 0.384 e. The molecule has 1 aromatic rings. The van der Waals surface area contributed by atoms with E-state index in [0.29, 0.717) is 17.7 Å². The first-order valence-corrected chi connectivity index (χ1v) is 6.22. The van der Waals surface area contributed by atoms with Gasteiger partial charge in [-0.05, 0) is 36.5 Å². The van der Waals surface area contributed by atoms with Gasteiger partial charge in [-0.2, -0.15) is 0 Å². The van der Waals surface area contributed by atoms with Crippen molar-refractivity contribution in [3.8, 4) is 11.8 Å². The fourth-order valence-electron chi connectivity index (χ4n) is 1.73. The quantitative estimate of drug-likeness (QED) is 0.814. The molecule has 19 heavy (non-hydrogen) atoms. The van der Waals surface area contributed by atoms with Crippen LogP contribution >= 0.6 is 0 Å². The van der Waals surface area contributed by atoms with Gasteiger partial charge in [-0.1, -0.05) is 18.8 Å². The zero-order valence-electron chi connectivity index (χ0n) is 10.8. The molecule has 0 spiro atoms. The molecule has 1 saturated carbocycles. The van der Waals surface area contributed by atoms with E-state index in [4.69, 9.17) is 5.11 Å². The number of nitrogens with one attached hydrogen (secondary N) is 1. The number of carbonyl (C=O) groups excluding carboxylic acids is 1. The van der Waals surface area contributed by atoms with E-state index in [9.17, 15) is 9.18 Å². The number of rotatable bonds is 3. The molecule has 4 heteroatoms. The van der Waals surface area contributed by atoms with Crippen molar-refractivity contribution in [2.75, 3.05) is 13.2 Å². The van der Waals surface area contributed by atoms with E-state index in [0.717, 1.165) is 12.8 Å². The molecule has 2 N–H and O–H groups in total. The summed E-state index contributed by atoms with van der Waals surface area (Å²) in [6.45, 7) is 2.41. The van der Waals surface area contributed by atoms with Gasteiger partial charge in [-0.25, -0.2) is 4.39 Å². The summed E-state index contributed by atoms with van der Waals surface area (Å²) in [5, 5.41) is 11.5. The number of halogens is 1. The summed E-state index contributed by atoms with van der Waals surface area (Å²) in [6.07, 6.45) is 2.24. The molecule has 1 amide bonds. The highest BCUT2D eigenvalue weighted by molar-refractivity contribution is 5.96. The Hall–Kier alpha value is -1.86. The zero-order chi connectivity index (χ0) is 13.9. The number of hydrogen-bond acceptors (Lipinski definition) is 2. The number of hydrogen-bond donors (Lipinski definition) is 2. The second-order valence-corrected chi connectivity index (χ2v) is 5.14. The predicted molar refractivity (Wildman–Crippen MR) is 70.0 cm³/mol. The normalized spacial score (nSPS) is 15.3. The molecule has 1 aromatic carbocycles. The second kappa shape index (κ2) is 5.41. The van der Waals surface area contributed by atoms with Crippen molar-refractivity contribution in [3.05, 3.63) is 35.1 Å². The van der Waals surface area contributed by atoms with Crippen LogP contribution < -0.4 is 5.32 Å². The summed E-state index contributed by atoms with van der Waals surface area (Å²) in [6, 6.07) is 3.86. The van der Waals surface area contributed by atoms with Gasteiger partial charge in [0.25, 0.3) is 5.91 Å². The van der Waals surface area contributed by atoms with Gasteiger partial charge in [0.05, 0.1) is 5.56 Å². The average molecular weight is 261 g/mol. The molecule has 100 valence electrons. The minimum absolute atomic E-state index is 0.215. The Bertz CT molecular complexity index is 553. The first-order valence-electron chi connectivity index (χ1n) is 6.22. The summed E-state index contributed by atoms with van der Waals surface area (Å²) in [5.41, 5.74) is 0.853. The standard InChI is InChI=1S/C15H16FNO2/c1-15(6-7-15)10-17-14(19)13-5-4-12(16)9-11(13)3-2-8-18/h4-5,9,18H,6-8,10H2,1H3,(H,17,19). The number of benzene rings is 1. The van der Waals surface area contributed by atoms with Crippen molar-refractivity contribution in [1.29, 1.82) is 0 Å². The molecule has 1 aliphatic carbocycles. The molecule has 0 saturated heterocycles. The number of aliphatic hydroxyl groups is 1. The van der Waals surface area contributed by atoms with Crippen molar-refractivity contribution < 1.29 is 14.3 Å². The highest BCUT2D eigenvalue weighted by Crippen LogP contribution is 2.44. The number of amides is 1. The van der Waals surface area contributed by atoms with Gasteiger partial charge in [0.15, 0.2) is 0 Å². The molecule has 0 unspecified atom stereocenters. The monoisotopic (exact) mass is 261 g/mol. The Kier molecular flexibility index (Phi) is 3.87. The van der Waals surface area contributed by atoms with Crippen LogP contribution in [-0.4, -0.2) is 24.2 Å². The average Bonchev–Trinajstić information content (AvgIpc) is 3.12. The first-order chi connectivity index (χ1) is 9.04. The molecule has 2 rings (SSSR count). The topological polar surface area (TPSA) is 49.3 Å². The molecule has 0 heterocycles. The highest BCUT2D eigenvalue weighted by atomic mass is 19.1. The van der Waals surface area contributed by atoms with Crippen molar-refractivity contribution in [1.82, 2.24) is 5.32 Å². The predicted octanol–water partition coefficient (Wildman–Crippen LogP) is 1.70. The SMILES string of the molecule is CC1(CNC(=O)c2ccc(F)cc2C#CCO)CC1. The third kappa shape index (κ3) is 3.55. The van der Waals surface area contributed by atoms with Crippen molar-refractivity contribution in [2.24, 2.45) is 5.41 Å². The molecule has 0 bridgehead atoms. The van der Waals surface area contributed by atoms with Gasteiger partial charge < -0.3 is 10.4 Å². The van der Waals surface area contributed by atoms with Crippen LogP contribution in [0.2, 0.25) is 0 Å². The Morgan fingerprint density at radius 3 is 2.89 bits per heavy atom. The van der Waals surface area contributed by atoms with E-state index in [1.807, 2.05) is 0 Å². The lowest BCUT2D eigenvalue weighted by Gasteiger charge is -2.11. The summed E-state index contributed by atoms with van der Waals surface area (Å²) < 4.78 is 13.2. The maximum Gasteiger partial charge on any atom is 0.252 e. The molecule has 0 aromatic heterocycles.